The SMILES string of the molecule is c1cn(CCSc2cn[nH]n2)c(C2CCCCC2)n1. The summed E-state index contributed by atoms with van der Waals surface area (Å²) >= 11 is 1.73. The van der Waals surface area contributed by atoms with Gasteiger partial charge in [-0.05, 0) is 12.8 Å². The van der Waals surface area contributed by atoms with Crippen molar-refractivity contribution < 1.29 is 0 Å². The maximum atomic E-state index is 4.58. The average molecular weight is 277 g/mol. The Balaban J connectivity index is 1.57. The van der Waals surface area contributed by atoms with E-state index in [0.29, 0.717) is 5.92 Å². The molecule has 0 spiro atoms. The number of rotatable bonds is 5. The second-order valence-corrected chi connectivity index (χ2v) is 6.09. The molecule has 102 valence electrons. The van der Waals surface area contributed by atoms with Gasteiger partial charge in [-0.15, -0.1) is 16.9 Å². The summed E-state index contributed by atoms with van der Waals surface area (Å²) in [6.45, 7) is 0.989. The van der Waals surface area contributed by atoms with Crippen LogP contribution in [-0.4, -0.2) is 30.7 Å². The molecule has 1 aliphatic rings. The third kappa shape index (κ3) is 3.18. The minimum Gasteiger partial charge on any atom is -0.334 e. The average Bonchev–Trinajstić information content (AvgIpc) is 3.11. The highest BCUT2D eigenvalue weighted by Gasteiger charge is 2.19. The van der Waals surface area contributed by atoms with Crippen LogP contribution in [0.1, 0.15) is 43.8 Å². The molecule has 0 unspecified atom stereocenters. The van der Waals surface area contributed by atoms with Crippen LogP contribution in [0.5, 0.6) is 0 Å². The molecule has 1 fully saturated rings. The standard InChI is InChI=1S/C13H19N5S/c1-2-4-11(5-3-1)13-14-6-7-18(13)8-9-19-12-10-15-17-16-12/h6-7,10-11H,1-5,8-9H2,(H,15,16,17). The summed E-state index contributed by atoms with van der Waals surface area (Å²) < 4.78 is 2.31. The zero-order valence-electron chi connectivity index (χ0n) is 11.0. The lowest BCUT2D eigenvalue weighted by molar-refractivity contribution is 0.417. The van der Waals surface area contributed by atoms with Gasteiger partial charge in [0.2, 0.25) is 0 Å². The maximum absolute atomic E-state index is 4.58. The summed E-state index contributed by atoms with van der Waals surface area (Å²) in [7, 11) is 0. The molecular weight excluding hydrogens is 258 g/mol. The zero-order valence-corrected chi connectivity index (χ0v) is 11.8. The van der Waals surface area contributed by atoms with E-state index in [4.69, 9.17) is 0 Å². The Kier molecular flexibility index (Phi) is 4.17. The molecule has 1 N–H and O–H groups in total. The summed E-state index contributed by atoms with van der Waals surface area (Å²) in [6, 6.07) is 0. The molecule has 6 heteroatoms. The third-order valence-corrected chi connectivity index (χ3v) is 4.57. The van der Waals surface area contributed by atoms with E-state index in [9.17, 15) is 0 Å². The van der Waals surface area contributed by atoms with Crippen LogP contribution in [0.25, 0.3) is 0 Å². The van der Waals surface area contributed by atoms with Crippen LogP contribution in [0.15, 0.2) is 23.6 Å². The van der Waals surface area contributed by atoms with E-state index in [1.54, 1.807) is 18.0 Å². The van der Waals surface area contributed by atoms with E-state index in [1.165, 1.54) is 37.9 Å². The lowest BCUT2D eigenvalue weighted by atomic mass is 9.89. The fourth-order valence-electron chi connectivity index (χ4n) is 2.74. The normalized spacial score (nSPS) is 16.8. The van der Waals surface area contributed by atoms with Crippen molar-refractivity contribution in [2.75, 3.05) is 5.75 Å². The number of aryl methyl sites for hydroxylation is 1. The number of hydrogen-bond acceptors (Lipinski definition) is 4. The number of aromatic nitrogens is 5. The van der Waals surface area contributed by atoms with Gasteiger partial charge in [-0.1, -0.05) is 19.3 Å². The second kappa shape index (κ2) is 6.23. The summed E-state index contributed by atoms with van der Waals surface area (Å²) in [5.41, 5.74) is 0. The van der Waals surface area contributed by atoms with Gasteiger partial charge in [-0.2, -0.15) is 10.3 Å². The molecule has 1 aliphatic carbocycles. The lowest BCUT2D eigenvalue weighted by Gasteiger charge is -2.22. The Morgan fingerprint density at radius 1 is 1.32 bits per heavy atom. The molecule has 19 heavy (non-hydrogen) atoms. The number of thioether (sulfide) groups is 1. The first-order chi connectivity index (χ1) is 9.43. The van der Waals surface area contributed by atoms with Crippen LogP contribution in [0.3, 0.4) is 0 Å². The molecule has 3 rings (SSSR count). The monoisotopic (exact) mass is 277 g/mol. The van der Waals surface area contributed by atoms with Crippen molar-refractivity contribution in [2.45, 2.75) is 49.6 Å². The summed E-state index contributed by atoms with van der Waals surface area (Å²) in [5.74, 6) is 2.95. The fraction of sp³-hybridized carbons (Fsp3) is 0.615. The van der Waals surface area contributed by atoms with Crippen molar-refractivity contribution in [2.24, 2.45) is 0 Å². The number of imidazole rings is 1. The highest BCUT2D eigenvalue weighted by Crippen LogP contribution is 2.31. The van der Waals surface area contributed by atoms with E-state index >= 15 is 0 Å². The maximum Gasteiger partial charge on any atom is 0.138 e. The molecule has 0 bridgehead atoms. The smallest absolute Gasteiger partial charge is 0.138 e. The molecule has 0 aliphatic heterocycles. The number of hydrogen-bond donors (Lipinski definition) is 1. The predicted molar refractivity (Wildman–Crippen MR) is 75.2 cm³/mol. The van der Waals surface area contributed by atoms with E-state index < -0.39 is 0 Å². The van der Waals surface area contributed by atoms with Gasteiger partial charge in [0, 0.05) is 30.6 Å². The molecule has 2 aromatic rings. The van der Waals surface area contributed by atoms with Gasteiger partial charge < -0.3 is 4.57 Å². The van der Waals surface area contributed by atoms with Gasteiger partial charge >= 0.3 is 0 Å². The highest BCUT2D eigenvalue weighted by molar-refractivity contribution is 7.99. The summed E-state index contributed by atoms with van der Waals surface area (Å²) in [6.07, 6.45) is 12.5. The van der Waals surface area contributed by atoms with Crippen molar-refractivity contribution in [1.29, 1.82) is 0 Å². The summed E-state index contributed by atoms with van der Waals surface area (Å²) in [5, 5.41) is 11.5. The number of H-pyrrole nitrogens is 1. The molecule has 0 atom stereocenters. The Hall–Kier alpha value is -1.30. The molecule has 5 nitrogen and oxygen atoms in total. The lowest BCUT2D eigenvalue weighted by Crippen LogP contribution is -2.13. The van der Waals surface area contributed by atoms with Gasteiger partial charge in [-0.3, -0.25) is 0 Å². The van der Waals surface area contributed by atoms with Crippen LogP contribution in [0.4, 0.5) is 0 Å². The Morgan fingerprint density at radius 2 is 2.21 bits per heavy atom. The Labute approximate surface area is 117 Å². The summed E-state index contributed by atoms with van der Waals surface area (Å²) in [4.78, 5) is 4.58. The third-order valence-electron chi connectivity index (χ3n) is 3.69. The van der Waals surface area contributed by atoms with E-state index in [2.05, 4.69) is 31.2 Å². The Morgan fingerprint density at radius 3 is 3.00 bits per heavy atom. The first-order valence-corrected chi connectivity index (χ1v) is 7.91. The molecule has 0 amide bonds. The topological polar surface area (TPSA) is 59.4 Å². The van der Waals surface area contributed by atoms with Crippen LogP contribution in [-0.2, 0) is 6.54 Å². The van der Waals surface area contributed by atoms with Gasteiger partial charge in [0.25, 0.3) is 0 Å². The van der Waals surface area contributed by atoms with Crippen molar-refractivity contribution in [3.05, 3.63) is 24.4 Å². The number of aromatic amines is 1. The Bertz CT molecular complexity index is 487. The van der Waals surface area contributed by atoms with Crippen molar-refractivity contribution >= 4 is 11.8 Å². The molecule has 0 saturated heterocycles. The molecule has 1 saturated carbocycles. The highest BCUT2D eigenvalue weighted by atomic mass is 32.2. The van der Waals surface area contributed by atoms with Gasteiger partial charge in [0.15, 0.2) is 0 Å². The number of nitrogens with zero attached hydrogens (tertiary/aromatic N) is 4. The van der Waals surface area contributed by atoms with Crippen LogP contribution in [0.2, 0.25) is 0 Å². The first-order valence-electron chi connectivity index (χ1n) is 6.93. The molecule has 2 heterocycles. The van der Waals surface area contributed by atoms with Crippen LogP contribution >= 0.6 is 11.8 Å². The van der Waals surface area contributed by atoms with E-state index in [0.717, 1.165) is 17.3 Å². The van der Waals surface area contributed by atoms with E-state index in [1.807, 2.05) is 6.20 Å². The van der Waals surface area contributed by atoms with Gasteiger partial charge in [0.1, 0.15) is 10.9 Å². The van der Waals surface area contributed by atoms with Crippen LogP contribution < -0.4 is 0 Å². The molecule has 0 radical (unpaired) electrons. The van der Waals surface area contributed by atoms with Crippen LogP contribution in [0, 0.1) is 0 Å². The van der Waals surface area contributed by atoms with Gasteiger partial charge in [-0.25, -0.2) is 4.98 Å². The minimum absolute atomic E-state index is 0.667. The quantitative estimate of drug-likeness (QED) is 0.854. The fourth-order valence-corrected chi connectivity index (χ4v) is 3.47. The van der Waals surface area contributed by atoms with Crippen molar-refractivity contribution in [1.82, 2.24) is 25.0 Å². The predicted octanol–water partition coefficient (Wildman–Crippen LogP) is 2.84. The van der Waals surface area contributed by atoms with Gasteiger partial charge in [0.05, 0.1) is 6.20 Å². The minimum atomic E-state index is 0.667. The largest absolute Gasteiger partial charge is 0.334 e. The zero-order chi connectivity index (χ0) is 12.9. The van der Waals surface area contributed by atoms with E-state index in [-0.39, 0.29) is 0 Å². The second-order valence-electron chi connectivity index (χ2n) is 4.97. The molecular formula is C13H19N5S. The molecule has 2 aromatic heterocycles. The molecule has 0 aromatic carbocycles. The first kappa shape index (κ1) is 12.7. The van der Waals surface area contributed by atoms with Crippen molar-refractivity contribution in [3.8, 4) is 0 Å². The van der Waals surface area contributed by atoms with Crippen molar-refractivity contribution in [3.63, 3.8) is 0 Å². The number of nitrogens with one attached hydrogen (secondary N) is 1.